The number of rotatable bonds is 2. The summed E-state index contributed by atoms with van der Waals surface area (Å²) in [6.07, 6.45) is 0.000509. The van der Waals surface area contributed by atoms with Gasteiger partial charge in [0.1, 0.15) is 11.9 Å². The van der Waals surface area contributed by atoms with Crippen molar-refractivity contribution >= 4 is 17.6 Å². The van der Waals surface area contributed by atoms with E-state index < -0.39 is 11.9 Å². The zero-order valence-electron chi connectivity index (χ0n) is 7.07. The molecule has 2 N–H and O–H groups in total. The summed E-state index contributed by atoms with van der Waals surface area (Å²) in [4.78, 5) is 27.2. The third-order valence-electron chi connectivity index (χ3n) is 1.84. The van der Waals surface area contributed by atoms with Crippen LogP contribution in [0.2, 0.25) is 0 Å². The molecule has 0 aromatic heterocycles. The molecule has 0 saturated carbocycles. The van der Waals surface area contributed by atoms with Crippen LogP contribution < -0.4 is 5.73 Å². The summed E-state index contributed by atoms with van der Waals surface area (Å²) in [5.74, 6) is -0.0299. The first kappa shape index (κ1) is 8.70. The Labute approximate surface area is 70.2 Å². The van der Waals surface area contributed by atoms with Crippen molar-refractivity contribution in [1.82, 2.24) is 4.90 Å². The third-order valence-corrected chi connectivity index (χ3v) is 1.84. The van der Waals surface area contributed by atoms with Crippen molar-refractivity contribution in [2.75, 3.05) is 7.05 Å². The van der Waals surface area contributed by atoms with Gasteiger partial charge in [-0.15, -0.1) is 0 Å². The standard InChI is InChI=1S/C7H11N3O2/c1-4-9-5(3-6(8)11)7(12)10(4)2/h5H,3H2,1-2H3,(H2,8,11). The average Bonchev–Trinajstić information content (AvgIpc) is 2.17. The van der Waals surface area contributed by atoms with Crippen LogP contribution in [-0.4, -0.2) is 35.6 Å². The predicted molar refractivity (Wildman–Crippen MR) is 43.5 cm³/mol. The number of primary amides is 1. The summed E-state index contributed by atoms with van der Waals surface area (Å²) in [5, 5.41) is 0. The van der Waals surface area contributed by atoms with Gasteiger partial charge in [0.25, 0.3) is 5.91 Å². The number of nitrogens with zero attached hydrogens (tertiary/aromatic N) is 2. The molecule has 66 valence electrons. The van der Waals surface area contributed by atoms with Crippen LogP contribution in [0.4, 0.5) is 0 Å². The quantitative estimate of drug-likeness (QED) is 0.582. The van der Waals surface area contributed by atoms with Crippen molar-refractivity contribution < 1.29 is 9.59 Å². The van der Waals surface area contributed by atoms with Gasteiger partial charge in [-0.3, -0.25) is 14.6 Å². The number of carbonyl (C=O) groups excluding carboxylic acids is 2. The zero-order valence-corrected chi connectivity index (χ0v) is 7.07. The van der Waals surface area contributed by atoms with Gasteiger partial charge in [0.05, 0.1) is 6.42 Å². The summed E-state index contributed by atoms with van der Waals surface area (Å²) < 4.78 is 0. The monoisotopic (exact) mass is 169 g/mol. The van der Waals surface area contributed by atoms with E-state index in [4.69, 9.17) is 5.73 Å². The third kappa shape index (κ3) is 1.44. The van der Waals surface area contributed by atoms with Gasteiger partial charge in [-0.2, -0.15) is 0 Å². The first-order valence-electron chi connectivity index (χ1n) is 3.62. The Morgan fingerprint density at radius 1 is 1.75 bits per heavy atom. The van der Waals surface area contributed by atoms with Gasteiger partial charge in [0, 0.05) is 7.05 Å². The molecular weight excluding hydrogens is 158 g/mol. The highest BCUT2D eigenvalue weighted by Gasteiger charge is 2.30. The Kier molecular flexibility index (Phi) is 2.12. The van der Waals surface area contributed by atoms with E-state index in [1.807, 2.05) is 0 Å². The molecule has 0 radical (unpaired) electrons. The lowest BCUT2D eigenvalue weighted by atomic mass is 10.2. The van der Waals surface area contributed by atoms with Crippen LogP contribution in [0, 0.1) is 0 Å². The molecule has 0 aromatic carbocycles. The first-order valence-corrected chi connectivity index (χ1v) is 3.62. The fourth-order valence-corrected chi connectivity index (χ4v) is 1.07. The Morgan fingerprint density at radius 2 is 2.33 bits per heavy atom. The van der Waals surface area contributed by atoms with Gasteiger partial charge >= 0.3 is 0 Å². The fourth-order valence-electron chi connectivity index (χ4n) is 1.07. The van der Waals surface area contributed by atoms with Crippen LogP contribution in [0.5, 0.6) is 0 Å². The number of amidine groups is 1. The smallest absolute Gasteiger partial charge is 0.253 e. The molecule has 1 atom stereocenters. The van der Waals surface area contributed by atoms with Crippen molar-refractivity contribution in [1.29, 1.82) is 0 Å². The number of nitrogens with two attached hydrogens (primary N) is 1. The van der Waals surface area contributed by atoms with E-state index in [9.17, 15) is 9.59 Å². The van der Waals surface area contributed by atoms with E-state index in [1.54, 1.807) is 14.0 Å². The highest BCUT2D eigenvalue weighted by Crippen LogP contribution is 2.11. The maximum atomic E-state index is 11.3. The average molecular weight is 169 g/mol. The summed E-state index contributed by atoms with van der Waals surface area (Å²) in [7, 11) is 1.63. The minimum atomic E-state index is -0.590. The van der Waals surface area contributed by atoms with E-state index in [0.29, 0.717) is 5.84 Å². The molecule has 0 spiro atoms. The highest BCUT2D eigenvalue weighted by molar-refractivity contribution is 6.05. The van der Waals surface area contributed by atoms with E-state index in [0.717, 1.165) is 0 Å². The lowest BCUT2D eigenvalue weighted by Gasteiger charge is -2.08. The Bertz CT molecular complexity index is 259. The molecule has 1 heterocycles. The van der Waals surface area contributed by atoms with Crippen molar-refractivity contribution in [3.05, 3.63) is 0 Å². The predicted octanol–water partition coefficient (Wildman–Crippen LogP) is -0.879. The topological polar surface area (TPSA) is 75.8 Å². The molecule has 1 aliphatic rings. The van der Waals surface area contributed by atoms with E-state index in [2.05, 4.69) is 4.99 Å². The van der Waals surface area contributed by atoms with Crippen LogP contribution in [0.15, 0.2) is 4.99 Å². The van der Waals surface area contributed by atoms with Gasteiger partial charge in [-0.25, -0.2) is 0 Å². The normalized spacial score (nSPS) is 22.8. The van der Waals surface area contributed by atoms with Gasteiger partial charge in [0.2, 0.25) is 5.91 Å². The van der Waals surface area contributed by atoms with Crippen LogP contribution in [-0.2, 0) is 9.59 Å². The van der Waals surface area contributed by atoms with E-state index >= 15 is 0 Å². The second-order valence-electron chi connectivity index (χ2n) is 2.76. The summed E-state index contributed by atoms with van der Waals surface area (Å²) in [6, 6.07) is -0.590. The Balaban J connectivity index is 2.70. The number of likely N-dealkylation sites (N-methyl/N-ethyl adjacent to an activating group) is 1. The fraction of sp³-hybridized carbons (Fsp3) is 0.571. The first-order chi connectivity index (χ1) is 5.52. The Hall–Kier alpha value is -1.39. The maximum absolute atomic E-state index is 11.3. The molecule has 2 amide bonds. The van der Waals surface area contributed by atoms with Gasteiger partial charge < -0.3 is 10.6 Å². The lowest BCUT2D eigenvalue weighted by Crippen LogP contribution is -2.32. The summed E-state index contributed by atoms with van der Waals surface area (Å²) >= 11 is 0. The van der Waals surface area contributed by atoms with Gasteiger partial charge in [0.15, 0.2) is 0 Å². The summed E-state index contributed by atoms with van der Waals surface area (Å²) in [5.41, 5.74) is 4.95. The van der Waals surface area contributed by atoms with Crippen molar-refractivity contribution in [3.63, 3.8) is 0 Å². The molecule has 0 aliphatic carbocycles. The molecule has 5 heteroatoms. The van der Waals surface area contributed by atoms with Crippen LogP contribution in [0.25, 0.3) is 0 Å². The second-order valence-corrected chi connectivity index (χ2v) is 2.76. The van der Waals surface area contributed by atoms with E-state index in [1.165, 1.54) is 4.90 Å². The number of hydrogen-bond donors (Lipinski definition) is 1. The molecular formula is C7H11N3O2. The molecule has 0 fully saturated rings. The molecule has 5 nitrogen and oxygen atoms in total. The molecule has 1 aliphatic heterocycles. The van der Waals surface area contributed by atoms with Crippen LogP contribution >= 0.6 is 0 Å². The van der Waals surface area contributed by atoms with Crippen molar-refractivity contribution in [3.8, 4) is 0 Å². The van der Waals surface area contributed by atoms with Crippen molar-refractivity contribution in [2.45, 2.75) is 19.4 Å². The minimum absolute atomic E-state index is 0.000509. The number of amides is 2. The second kappa shape index (κ2) is 2.92. The lowest BCUT2D eigenvalue weighted by molar-refractivity contribution is -0.129. The minimum Gasteiger partial charge on any atom is -0.370 e. The number of aliphatic imine (C=N–C) groups is 1. The van der Waals surface area contributed by atoms with Crippen LogP contribution in [0.3, 0.4) is 0 Å². The van der Waals surface area contributed by atoms with E-state index in [-0.39, 0.29) is 12.3 Å². The van der Waals surface area contributed by atoms with Gasteiger partial charge in [-0.05, 0) is 6.92 Å². The molecule has 0 bridgehead atoms. The van der Waals surface area contributed by atoms with Crippen LogP contribution in [0.1, 0.15) is 13.3 Å². The zero-order chi connectivity index (χ0) is 9.30. The number of carbonyl (C=O) groups is 2. The molecule has 0 saturated heterocycles. The SMILES string of the molecule is CC1=NC(CC(N)=O)C(=O)N1C. The van der Waals surface area contributed by atoms with Gasteiger partial charge in [-0.1, -0.05) is 0 Å². The molecule has 1 rings (SSSR count). The Morgan fingerprint density at radius 3 is 2.67 bits per heavy atom. The highest BCUT2D eigenvalue weighted by atomic mass is 16.2. The summed E-state index contributed by atoms with van der Waals surface area (Å²) in [6.45, 7) is 1.72. The van der Waals surface area contributed by atoms with Crippen molar-refractivity contribution in [2.24, 2.45) is 10.7 Å². The molecule has 0 aromatic rings. The number of hydrogen-bond acceptors (Lipinski definition) is 3. The largest absolute Gasteiger partial charge is 0.370 e. The molecule has 1 unspecified atom stereocenters. The molecule has 12 heavy (non-hydrogen) atoms. The maximum Gasteiger partial charge on any atom is 0.253 e.